The predicted octanol–water partition coefficient (Wildman–Crippen LogP) is 4.94. The summed E-state index contributed by atoms with van der Waals surface area (Å²) >= 11 is 6.95. The van der Waals surface area contributed by atoms with Gasteiger partial charge in [-0.05, 0) is 54.4 Å². The van der Waals surface area contributed by atoms with Gasteiger partial charge in [0.1, 0.15) is 29.7 Å². The number of rotatable bonds is 9. The predicted molar refractivity (Wildman–Crippen MR) is 130 cm³/mol. The Morgan fingerprint density at radius 2 is 1.76 bits per heavy atom. The number of pyridine rings is 1. The number of hydrogen-bond donors (Lipinski definition) is 1. The molecule has 1 fully saturated rings. The molecule has 4 rings (SSSR count). The molecule has 2 heterocycles. The zero-order valence-corrected chi connectivity index (χ0v) is 19.4. The highest BCUT2D eigenvalue weighted by atomic mass is 35.5. The molecule has 7 nitrogen and oxygen atoms in total. The van der Waals surface area contributed by atoms with Crippen molar-refractivity contribution in [1.29, 1.82) is 0 Å². The molecular weight excluding hydrogens is 462 g/mol. The number of aromatic nitrogens is 1. The van der Waals surface area contributed by atoms with E-state index in [2.05, 4.69) is 10.3 Å². The maximum Gasteiger partial charge on any atom is 0.286 e. The molecule has 0 bridgehead atoms. The number of carbonyl (C=O) groups is 2. The Bertz CT molecular complexity index is 1130. The highest BCUT2D eigenvalue weighted by Gasteiger charge is 2.31. The number of anilines is 1. The van der Waals surface area contributed by atoms with E-state index in [4.69, 9.17) is 21.1 Å². The van der Waals surface area contributed by atoms with Crippen LogP contribution < -0.4 is 19.7 Å². The van der Waals surface area contributed by atoms with Crippen molar-refractivity contribution in [3.8, 4) is 17.2 Å². The number of ether oxygens (including phenoxy) is 2. The molecule has 1 N–H and O–H groups in total. The maximum absolute atomic E-state index is 11.7. The molecule has 170 valence electrons. The molecule has 1 atom stereocenters. The number of hydrogen-bond acceptors (Lipinski definition) is 7. The fraction of sp³-hybridized carbons (Fsp3) is 0.208. The van der Waals surface area contributed by atoms with E-state index in [1.165, 1.54) is 0 Å². The summed E-state index contributed by atoms with van der Waals surface area (Å²) in [6.45, 7) is 1.09. The lowest BCUT2D eigenvalue weighted by Crippen LogP contribution is -2.25. The van der Waals surface area contributed by atoms with Gasteiger partial charge >= 0.3 is 0 Å². The molecule has 1 aromatic heterocycles. The van der Waals surface area contributed by atoms with E-state index in [-0.39, 0.29) is 16.4 Å². The molecule has 1 saturated heterocycles. The van der Waals surface area contributed by atoms with Gasteiger partial charge in [0.25, 0.3) is 5.24 Å². The summed E-state index contributed by atoms with van der Waals surface area (Å²) in [5.41, 5.74) is 0.975. The van der Waals surface area contributed by atoms with Crippen LogP contribution in [-0.4, -0.2) is 41.6 Å². The van der Waals surface area contributed by atoms with Crippen LogP contribution in [0.2, 0.25) is 5.02 Å². The van der Waals surface area contributed by atoms with Gasteiger partial charge in [-0.25, -0.2) is 4.98 Å². The largest absolute Gasteiger partial charge is 0.492 e. The topological polar surface area (TPSA) is 80.8 Å². The van der Waals surface area contributed by atoms with Gasteiger partial charge in [0.15, 0.2) is 0 Å². The van der Waals surface area contributed by atoms with Crippen molar-refractivity contribution in [2.24, 2.45) is 0 Å². The summed E-state index contributed by atoms with van der Waals surface area (Å²) in [5, 5.41) is 2.31. The molecule has 1 aliphatic heterocycles. The van der Waals surface area contributed by atoms with Crippen molar-refractivity contribution in [2.45, 2.75) is 11.7 Å². The SMILES string of the molecule is CN(CCOc1ccc(CC2SC(=O)NC2=O)cc1)c1cc(Oc2ccc(Cl)cc2)ccn1. The van der Waals surface area contributed by atoms with Crippen molar-refractivity contribution >= 4 is 40.3 Å². The minimum absolute atomic E-state index is 0.232. The van der Waals surface area contributed by atoms with Gasteiger partial charge in [-0.2, -0.15) is 0 Å². The van der Waals surface area contributed by atoms with Crippen molar-refractivity contribution in [3.63, 3.8) is 0 Å². The summed E-state index contributed by atoms with van der Waals surface area (Å²) in [4.78, 5) is 29.4. The van der Waals surface area contributed by atoms with Gasteiger partial charge < -0.3 is 14.4 Å². The van der Waals surface area contributed by atoms with Gasteiger partial charge in [0.05, 0.1) is 11.8 Å². The van der Waals surface area contributed by atoms with Crippen LogP contribution in [0.15, 0.2) is 66.9 Å². The second-order valence-corrected chi connectivity index (χ2v) is 9.02. The van der Waals surface area contributed by atoms with Gasteiger partial charge in [-0.15, -0.1) is 0 Å². The third-order valence-electron chi connectivity index (χ3n) is 4.96. The van der Waals surface area contributed by atoms with Gasteiger partial charge in [0, 0.05) is 24.3 Å². The van der Waals surface area contributed by atoms with E-state index in [0.29, 0.717) is 36.1 Å². The number of nitrogens with zero attached hydrogens (tertiary/aromatic N) is 2. The zero-order valence-electron chi connectivity index (χ0n) is 17.9. The number of benzene rings is 2. The molecule has 33 heavy (non-hydrogen) atoms. The van der Waals surface area contributed by atoms with Crippen LogP contribution in [-0.2, 0) is 11.2 Å². The van der Waals surface area contributed by atoms with Gasteiger partial charge in [0.2, 0.25) is 5.91 Å². The molecule has 0 spiro atoms. The Morgan fingerprint density at radius 1 is 1.03 bits per heavy atom. The second kappa shape index (κ2) is 10.6. The summed E-state index contributed by atoms with van der Waals surface area (Å²) in [6.07, 6.45) is 2.21. The maximum atomic E-state index is 11.7. The van der Waals surface area contributed by atoms with E-state index in [1.807, 2.05) is 54.4 Å². The third kappa shape index (κ3) is 6.40. The molecule has 2 aromatic carbocycles. The highest BCUT2D eigenvalue weighted by Crippen LogP contribution is 2.26. The van der Waals surface area contributed by atoms with Crippen LogP contribution in [0.3, 0.4) is 0 Å². The lowest BCUT2D eigenvalue weighted by Gasteiger charge is -2.19. The van der Waals surface area contributed by atoms with E-state index >= 15 is 0 Å². The number of carbonyl (C=O) groups excluding carboxylic acids is 2. The Kier molecular flexibility index (Phi) is 7.36. The van der Waals surface area contributed by atoms with Crippen LogP contribution in [0, 0.1) is 0 Å². The molecule has 0 radical (unpaired) electrons. The minimum atomic E-state index is -0.371. The molecule has 0 saturated carbocycles. The lowest BCUT2D eigenvalue weighted by molar-refractivity contribution is -0.118. The number of likely N-dealkylation sites (N-methyl/N-ethyl adjacent to an activating group) is 1. The Hall–Kier alpha value is -3.23. The van der Waals surface area contributed by atoms with Crippen LogP contribution in [0.1, 0.15) is 5.56 Å². The first-order valence-corrected chi connectivity index (χ1v) is 11.6. The van der Waals surface area contributed by atoms with Gasteiger partial charge in [-0.1, -0.05) is 35.5 Å². The van der Waals surface area contributed by atoms with E-state index < -0.39 is 0 Å². The average molecular weight is 484 g/mol. The smallest absolute Gasteiger partial charge is 0.286 e. The van der Waals surface area contributed by atoms with Crippen LogP contribution >= 0.6 is 23.4 Å². The first kappa shape index (κ1) is 22.9. The molecular formula is C24H22ClN3O4S. The molecule has 1 unspecified atom stereocenters. The Labute approximate surface area is 201 Å². The third-order valence-corrected chi connectivity index (χ3v) is 6.20. The summed E-state index contributed by atoms with van der Waals surface area (Å²) in [5.74, 6) is 2.65. The first-order valence-electron chi connectivity index (χ1n) is 10.3. The van der Waals surface area contributed by atoms with E-state index in [1.54, 1.807) is 24.4 Å². The summed E-state index contributed by atoms with van der Waals surface area (Å²) in [7, 11) is 1.94. The molecule has 2 amide bonds. The normalized spacial score (nSPS) is 15.3. The average Bonchev–Trinajstić information content (AvgIpc) is 3.13. The quantitative estimate of drug-likeness (QED) is 0.461. The minimum Gasteiger partial charge on any atom is -0.492 e. The Morgan fingerprint density at radius 3 is 2.45 bits per heavy atom. The summed E-state index contributed by atoms with van der Waals surface area (Å²) < 4.78 is 11.7. The van der Waals surface area contributed by atoms with E-state index in [9.17, 15) is 9.59 Å². The number of halogens is 1. The van der Waals surface area contributed by atoms with Gasteiger partial charge in [-0.3, -0.25) is 14.9 Å². The van der Waals surface area contributed by atoms with Crippen LogP contribution in [0.25, 0.3) is 0 Å². The van der Waals surface area contributed by atoms with Crippen molar-refractivity contribution < 1.29 is 19.1 Å². The molecule has 3 aromatic rings. The molecule has 0 aliphatic carbocycles. The van der Waals surface area contributed by atoms with Crippen molar-refractivity contribution in [2.75, 3.05) is 25.1 Å². The fourth-order valence-electron chi connectivity index (χ4n) is 3.19. The van der Waals surface area contributed by atoms with Crippen LogP contribution in [0.5, 0.6) is 17.2 Å². The number of nitrogens with one attached hydrogen (secondary N) is 1. The first-order chi connectivity index (χ1) is 16.0. The standard InChI is InChI=1S/C24H22ClN3O4S/c1-28(22-15-20(10-11-26-22)32-19-8-4-17(25)5-9-19)12-13-31-18-6-2-16(3-7-18)14-21-23(29)27-24(30)33-21/h2-11,15,21H,12-14H2,1H3,(H,27,29,30). The summed E-state index contributed by atoms with van der Waals surface area (Å²) in [6, 6.07) is 18.4. The Balaban J connectivity index is 1.26. The monoisotopic (exact) mass is 483 g/mol. The van der Waals surface area contributed by atoms with Crippen molar-refractivity contribution in [1.82, 2.24) is 10.3 Å². The number of amides is 2. The number of imide groups is 1. The zero-order chi connectivity index (χ0) is 23.2. The highest BCUT2D eigenvalue weighted by molar-refractivity contribution is 8.15. The van der Waals surface area contributed by atoms with Crippen LogP contribution in [0.4, 0.5) is 10.6 Å². The number of thioether (sulfide) groups is 1. The van der Waals surface area contributed by atoms with Crippen molar-refractivity contribution in [3.05, 3.63) is 77.4 Å². The fourth-order valence-corrected chi connectivity index (χ4v) is 4.17. The van der Waals surface area contributed by atoms with E-state index in [0.717, 1.165) is 28.9 Å². The molecule has 9 heteroatoms. The second-order valence-electron chi connectivity index (χ2n) is 7.41. The lowest BCUT2D eigenvalue weighted by atomic mass is 10.1. The molecule has 1 aliphatic rings.